The van der Waals surface area contributed by atoms with E-state index in [4.69, 9.17) is 0 Å². The first-order valence-electron chi connectivity index (χ1n) is 7.77. The molecular formula is C17H25NO2. The fraction of sp³-hybridized carbons (Fsp3) is 0.588. The molecule has 0 unspecified atom stereocenters. The molecule has 0 spiro atoms. The lowest BCUT2D eigenvalue weighted by molar-refractivity contribution is 0.0988. The maximum Gasteiger partial charge on any atom is 0.164 e. The van der Waals surface area contributed by atoms with Gasteiger partial charge in [0, 0.05) is 30.3 Å². The molecule has 0 heterocycles. The van der Waals surface area contributed by atoms with Crippen molar-refractivity contribution in [3.63, 3.8) is 0 Å². The standard InChI is InChI=1S/C17H25NO2/c1-2-17(20)15-10-6-7-11-16(15)18(12-13-19)14-8-4-3-5-9-14/h6-7,10-11,14,19H,2-5,8-9,12-13H2,1H3. The summed E-state index contributed by atoms with van der Waals surface area (Å²) < 4.78 is 0. The maximum atomic E-state index is 12.1. The van der Waals surface area contributed by atoms with Crippen LogP contribution >= 0.6 is 0 Å². The van der Waals surface area contributed by atoms with Gasteiger partial charge in [0.15, 0.2) is 5.78 Å². The second-order valence-corrected chi connectivity index (χ2v) is 5.50. The van der Waals surface area contributed by atoms with Crippen LogP contribution in [0.4, 0.5) is 5.69 Å². The highest BCUT2D eigenvalue weighted by atomic mass is 16.3. The molecule has 0 saturated heterocycles. The molecule has 1 N–H and O–H groups in total. The number of rotatable bonds is 6. The summed E-state index contributed by atoms with van der Waals surface area (Å²) in [7, 11) is 0. The van der Waals surface area contributed by atoms with Crippen molar-refractivity contribution in [1.29, 1.82) is 0 Å². The van der Waals surface area contributed by atoms with Gasteiger partial charge in [0.1, 0.15) is 0 Å². The third kappa shape index (κ3) is 3.40. The molecule has 1 aromatic rings. The van der Waals surface area contributed by atoms with E-state index in [1.807, 2.05) is 31.2 Å². The SMILES string of the molecule is CCC(=O)c1ccccc1N(CCO)C1CCCCC1. The molecule has 0 bridgehead atoms. The second kappa shape index (κ2) is 7.44. The third-order valence-corrected chi connectivity index (χ3v) is 4.19. The number of anilines is 1. The summed E-state index contributed by atoms with van der Waals surface area (Å²) in [6.07, 6.45) is 6.64. The largest absolute Gasteiger partial charge is 0.395 e. The minimum atomic E-state index is 0.130. The van der Waals surface area contributed by atoms with Gasteiger partial charge in [-0.25, -0.2) is 0 Å². The number of Topliss-reactive ketones (excluding diaryl/α,β-unsaturated/α-hetero) is 1. The molecule has 1 aliphatic carbocycles. The zero-order valence-electron chi connectivity index (χ0n) is 12.3. The smallest absolute Gasteiger partial charge is 0.164 e. The number of nitrogens with zero attached hydrogens (tertiary/aromatic N) is 1. The fourth-order valence-corrected chi connectivity index (χ4v) is 3.15. The molecule has 1 fully saturated rings. The van der Waals surface area contributed by atoms with E-state index in [-0.39, 0.29) is 12.4 Å². The molecule has 1 aliphatic rings. The highest BCUT2D eigenvalue weighted by Crippen LogP contribution is 2.30. The summed E-state index contributed by atoms with van der Waals surface area (Å²) in [5.41, 5.74) is 1.80. The van der Waals surface area contributed by atoms with Crippen molar-refractivity contribution in [3.8, 4) is 0 Å². The molecule has 110 valence electrons. The van der Waals surface area contributed by atoms with Crippen LogP contribution < -0.4 is 4.90 Å². The number of aliphatic hydroxyl groups is 1. The van der Waals surface area contributed by atoms with Crippen LogP contribution in [0.1, 0.15) is 55.8 Å². The summed E-state index contributed by atoms with van der Waals surface area (Å²) in [5.74, 6) is 0.180. The van der Waals surface area contributed by atoms with E-state index in [1.54, 1.807) is 0 Å². The van der Waals surface area contributed by atoms with Crippen LogP contribution in [0.5, 0.6) is 0 Å². The summed E-state index contributed by atoms with van der Waals surface area (Å²) in [5, 5.41) is 9.39. The minimum Gasteiger partial charge on any atom is -0.395 e. The summed E-state index contributed by atoms with van der Waals surface area (Å²) in [4.78, 5) is 14.4. The lowest BCUT2D eigenvalue weighted by atomic mass is 9.93. The highest BCUT2D eigenvalue weighted by Gasteiger charge is 2.24. The van der Waals surface area contributed by atoms with Crippen molar-refractivity contribution < 1.29 is 9.90 Å². The molecule has 20 heavy (non-hydrogen) atoms. The molecule has 1 aromatic carbocycles. The maximum absolute atomic E-state index is 12.1. The molecule has 0 amide bonds. The van der Waals surface area contributed by atoms with Gasteiger partial charge in [-0.1, -0.05) is 38.3 Å². The first-order valence-corrected chi connectivity index (χ1v) is 7.77. The van der Waals surface area contributed by atoms with Gasteiger partial charge in [-0.05, 0) is 25.0 Å². The van der Waals surface area contributed by atoms with Gasteiger partial charge in [0.25, 0.3) is 0 Å². The highest BCUT2D eigenvalue weighted by molar-refractivity contribution is 6.01. The van der Waals surface area contributed by atoms with E-state index in [1.165, 1.54) is 19.3 Å². The molecule has 1 saturated carbocycles. The molecule has 0 aromatic heterocycles. The summed E-state index contributed by atoms with van der Waals surface area (Å²) >= 11 is 0. The Morgan fingerprint density at radius 2 is 1.95 bits per heavy atom. The Kier molecular flexibility index (Phi) is 5.60. The van der Waals surface area contributed by atoms with Gasteiger partial charge in [-0.15, -0.1) is 0 Å². The molecule has 2 rings (SSSR count). The average Bonchev–Trinajstić information content (AvgIpc) is 2.53. The topological polar surface area (TPSA) is 40.5 Å². The minimum absolute atomic E-state index is 0.130. The van der Waals surface area contributed by atoms with Crippen LogP contribution in [0.15, 0.2) is 24.3 Å². The average molecular weight is 275 g/mol. The van der Waals surface area contributed by atoms with Crippen LogP contribution in [0.3, 0.4) is 0 Å². The fourth-order valence-electron chi connectivity index (χ4n) is 3.15. The van der Waals surface area contributed by atoms with Crippen molar-refractivity contribution in [2.24, 2.45) is 0 Å². The monoisotopic (exact) mass is 275 g/mol. The van der Waals surface area contributed by atoms with Gasteiger partial charge in [0.2, 0.25) is 0 Å². The molecule has 3 nitrogen and oxygen atoms in total. The Hall–Kier alpha value is -1.35. The van der Waals surface area contributed by atoms with Crippen molar-refractivity contribution in [2.45, 2.75) is 51.5 Å². The number of para-hydroxylation sites is 1. The Bertz CT molecular complexity index is 438. The van der Waals surface area contributed by atoms with Crippen LogP contribution in [-0.2, 0) is 0 Å². The van der Waals surface area contributed by atoms with E-state index < -0.39 is 0 Å². The normalized spacial score (nSPS) is 16.1. The lowest BCUT2D eigenvalue weighted by Crippen LogP contribution is -2.39. The van der Waals surface area contributed by atoms with Crippen molar-refractivity contribution >= 4 is 11.5 Å². The third-order valence-electron chi connectivity index (χ3n) is 4.19. The number of hydrogen-bond acceptors (Lipinski definition) is 3. The van der Waals surface area contributed by atoms with Crippen LogP contribution in [0, 0.1) is 0 Å². The first-order chi connectivity index (χ1) is 9.77. The first kappa shape index (κ1) is 15.0. The number of ketones is 1. The number of aliphatic hydroxyl groups excluding tert-OH is 1. The molecule has 0 aliphatic heterocycles. The summed E-state index contributed by atoms with van der Waals surface area (Å²) in [6, 6.07) is 8.29. The van der Waals surface area contributed by atoms with Crippen molar-refractivity contribution in [3.05, 3.63) is 29.8 Å². The Morgan fingerprint density at radius 3 is 2.60 bits per heavy atom. The number of hydrogen-bond donors (Lipinski definition) is 1. The lowest BCUT2D eigenvalue weighted by Gasteiger charge is -2.36. The molecular weight excluding hydrogens is 250 g/mol. The van der Waals surface area contributed by atoms with E-state index in [0.717, 1.165) is 24.1 Å². The van der Waals surface area contributed by atoms with E-state index >= 15 is 0 Å². The van der Waals surface area contributed by atoms with Gasteiger partial charge in [0.05, 0.1) is 6.61 Å². The van der Waals surface area contributed by atoms with Gasteiger partial charge < -0.3 is 10.0 Å². The van der Waals surface area contributed by atoms with Gasteiger partial charge in [-0.3, -0.25) is 4.79 Å². The zero-order valence-corrected chi connectivity index (χ0v) is 12.3. The van der Waals surface area contributed by atoms with Gasteiger partial charge >= 0.3 is 0 Å². The van der Waals surface area contributed by atoms with E-state index in [9.17, 15) is 9.90 Å². The van der Waals surface area contributed by atoms with Crippen LogP contribution in [-0.4, -0.2) is 30.1 Å². The van der Waals surface area contributed by atoms with Crippen LogP contribution in [0.25, 0.3) is 0 Å². The molecule has 3 heteroatoms. The molecule has 0 radical (unpaired) electrons. The van der Waals surface area contributed by atoms with Crippen molar-refractivity contribution in [1.82, 2.24) is 0 Å². The summed E-state index contributed by atoms with van der Waals surface area (Å²) in [6.45, 7) is 2.64. The Labute approximate surface area is 121 Å². The van der Waals surface area contributed by atoms with E-state index in [2.05, 4.69) is 4.90 Å². The number of carbonyl (C=O) groups is 1. The second-order valence-electron chi connectivity index (χ2n) is 5.50. The number of carbonyl (C=O) groups excluding carboxylic acids is 1. The van der Waals surface area contributed by atoms with E-state index in [0.29, 0.717) is 19.0 Å². The zero-order chi connectivity index (χ0) is 14.4. The Morgan fingerprint density at radius 1 is 1.25 bits per heavy atom. The quantitative estimate of drug-likeness (QED) is 0.809. The van der Waals surface area contributed by atoms with Gasteiger partial charge in [-0.2, -0.15) is 0 Å². The Balaban J connectivity index is 2.30. The van der Waals surface area contributed by atoms with Crippen molar-refractivity contribution in [2.75, 3.05) is 18.1 Å². The predicted molar refractivity (Wildman–Crippen MR) is 82.4 cm³/mol. The molecule has 0 atom stereocenters. The van der Waals surface area contributed by atoms with Crippen LogP contribution in [0.2, 0.25) is 0 Å². The predicted octanol–water partition coefficient (Wildman–Crippen LogP) is 3.41. The number of benzene rings is 1.